The molecule has 0 aliphatic heterocycles. The van der Waals surface area contributed by atoms with Crippen molar-refractivity contribution in [2.75, 3.05) is 24.3 Å². The van der Waals surface area contributed by atoms with E-state index in [-0.39, 0.29) is 5.91 Å². The summed E-state index contributed by atoms with van der Waals surface area (Å²) in [6.45, 7) is 4.06. The van der Waals surface area contributed by atoms with Crippen molar-refractivity contribution in [3.63, 3.8) is 0 Å². The van der Waals surface area contributed by atoms with Crippen LogP contribution in [0.5, 0.6) is 0 Å². The van der Waals surface area contributed by atoms with Crippen molar-refractivity contribution in [3.05, 3.63) is 46.8 Å². The number of nitrogens with zero attached hydrogens (tertiary/aromatic N) is 3. The first-order valence-electron chi connectivity index (χ1n) is 10.6. The number of anilines is 2. The molecule has 0 atom stereocenters. The topological polar surface area (TPSA) is 84.1 Å². The van der Waals surface area contributed by atoms with Crippen LogP contribution >= 0.6 is 0 Å². The highest BCUT2D eigenvalue weighted by atomic mass is 16.1. The molecule has 0 radical (unpaired) electrons. The number of nitrogens with one attached hydrogen (secondary N) is 1. The molecule has 0 unspecified atom stereocenters. The van der Waals surface area contributed by atoms with E-state index in [1.165, 1.54) is 5.56 Å². The molecule has 3 rings (SSSR count). The van der Waals surface area contributed by atoms with Crippen molar-refractivity contribution >= 4 is 17.5 Å². The molecule has 1 aromatic carbocycles. The second-order valence-corrected chi connectivity index (χ2v) is 8.28. The number of aryl methyl sites for hydroxylation is 2. The van der Waals surface area contributed by atoms with Crippen molar-refractivity contribution < 1.29 is 4.79 Å². The van der Waals surface area contributed by atoms with Crippen LogP contribution in [0.2, 0.25) is 0 Å². The largest absolute Gasteiger partial charge is 0.367 e. The van der Waals surface area contributed by atoms with Gasteiger partial charge in [-0.05, 0) is 68.6 Å². The molecule has 3 N–H and O–H groups in total. The highest BCUT2D eigenvalue weighted by Crippen LogP contribution is 2.31. The van der Waals surface area contributed by atoms with E-state index in [2.05, 4.69) is 28.3 Å². The fraction of sp³-hybridized carbons (Fsp3) is 0.522. The van der Waals surface area contributed by atoms with Gasteiger partial charge in [-0.25, -0.2) is 9.97 Å². The Morgan fingerprint density at radius 2 is 1.93 bits per heavy atom. The highest BCUT2D eigenvalue weighted by Gasteiger charge is 2.24. The lowest BCUT2D eigenvalue weighted by Gasteiger charge is -2.30. The fourth-order valence-electron chi connectivity index (χ4n) is 4.30. The van der Waals surface area contributed by atoms with Gasteiger partial charge in [0.15, 0.2) is 0 Å². The second kappa shape index (κ2) is 9.25. The maximum Gasteiger partial charge on any atom is 0.248 e. The lowest BCUT2D eigenvalue weighted by atomic mass is 9.80. The zero-order chi connectivity index (χ0) is 21.0. The summed E-state index contributed by atoms with van der Waals surface area (Å²) in [5.41, 5.74) is 8.72. The first-order valence-corrected chi connectivity index (χ1v) is 10.6. The van der Waals surface area contributed by atoms with E-state index in [1.807, 2.05) is 44.1 Å². The number of primary amides is 1. The Balaban J connectivity index is 1.63. The SMILES string of the molecule is CCc1cccc(C(N)=O)c1CC1CCC(Nc2cc(N(C)C)nc(C)n2)CC1. The van der Waals surface area contributed by atoms with Crippen LogP contribution in [0.25, 0.3) is 0 Å². The number of aromatic nitrogens is 2. The number of carbonyl (C=O) groups excluding carboxylic acids is 1. The van der Waals surface area contributed by atoms with Crippen molar-refractivity contribution in [2.24, 2.45) is 11.7 Å². The predicted octanol–water partition coefficient (Wildman–Crippen LogP) is 3.73. The minimum Gasteiger partial charge on any atom is -0.367 e. The molecule has 29 heavy (non-hydrogen) atoms. The van der Waals surface area contributed by atoms with Crippen molar-refractivity contribution in [1.82, 2.24) is 9.97 Å². The molecule has 0 bridgehead atoms. The smallest absolute Gasteiger partial charge is 0.248 e. The first kappa shape index (κ1) is 21.1. The van der Waals surface area contributed by atoms with E-state index in [9.17, 15) is 4.79 Å². The summed E-state index contributed by atoms with van der Waals surface area (Å²) in [5.74, 6) is 2.87. The van der Waals surface area contributed by atoms with Crippen LogP contribution in [-0.4, -0.2) is 36.0 Å². The average Bonchev–Trinajstić information content (AvgIpc) is 2.69. The Hall–Kier alpha value is -2.63. The van der Waals surface area contributed by atoms with Gasteiger partial charge in [-0.2, -0.15) is 0 Å². The summed E-state index contributed by atoms with van der Waals surface area (Å²) in [6.07, 6.45) is 6.34. The third-order valence-electron chi connectivity index (χ3n) is 5.89. The predicted molar refractivity (Wildman–Crippen MR) is 119 cm³/mol. The maximum absolute atomic E-state index is 11.9. The highest BCUT2D eigenvalue weighted by molar-refractivity contribution is 5.94. The van der Waals surface area contributed by atoms with Gasteiger partial charge >= 0.3 is 0 Å². The number of benzene rings is 1. The molecule has 156 valence electrons. The summed E-state index contributed by atoms with van der Waals surface area (Å²) in [7, 11) is 3.98. The third kappa shape index (κ3) is 5.25. The minimum absolute atomic E-state index is 0.318. The van der Waals surface area contributed by atoms with Crippen LogP contribution in [0.15, 0.2) is 24.3 Å². The van der Waals surface area contributed by atoms with Crippen LogP contribution in [0, 0.1) is 12.8 Å². The lowest BCUT2D eigenvalue weighted by Crippen LogP contribution is -2.28. The minimum atomic E-state index is -0.318. The molecule has 6 heteroatoms. The molecular formula is C23H33N5O. The maximum atomic E-state index is 11.9. The summed E-state index contributed by atoms with van der Waals surface area (Å²) >= 11 is 0. The molecular weight excluding hydrogens is 362 g/mol. The summed E-state index contributed by atoms with van der Waals surface area (Å²) in [4.78, 5) is 22.9. The number of nitrogens with two attached hydrogens (primary N) is 1. The van der Waals surface area contributed by atoms with E-state index in [4.69, 9.17) is 5.73 Å². The molecule has 0 spiro atoms. The zero-order valence-electron chi connectivity index (χ0n) is 18.0. The van der Waals surface area contributed by atoms with Gasteiger partial charge in [0.1, 0.15) is 17.5 Å². The molecule has 1 amide bonds. The molecule has 1 heterocycles. The van der Waals surface area contributed by atoms with Gasteiger partial charge in [0, 0.05) is 31.8 Å². The first-order chi connectivity index (χ1) is 13.9. The van der Waals surface area contributed by atoms with Crippen LogP contribution in [0.3, 0.4) is 0 Å². The molecule has 1 fully saturated rings. The summed E-state index contributed by atoms with van der Waals surface area (Å²) in [6, 6.07) is 8.36. The normalized spacial score (nSPS) is 19.0. The number of hydrogen-bond donors (Lipinski definition) is 2. The number of amides is 1. The molecule has 0 saturated heterocycles. The Kier molecular flexibility index (Phi) is 6.72. The van der Waals surface area contributed by atoms with Gasteiger partial charge in [0.2, 0.25) is 5.91 Å². The second-order valence-electron chi connectivity index (χ2n) is 8.28. The van der Waals surface area contributed by atoms with Crippen LogP contribution in [0.4, 0.5) is 11.6 Å². The van der Waals surface area contributed by atoms with Crippen LogP contribution < -0.4 is 16.0 Å². The van der Waals surface area contributed by atoms with E-state index >= 15 is 0 Å². The van der Waals surface area contributed by atoms with Gasteiger partial charge < -0.3 is 16.0 Å². The van der Waals surface area contributed by atoms with E-state index in [0.717, 1.165) is 61.5 Å². The molecule has 2 aromatic rings. The molecule has 6 nitrogen and oxygen atoms in total. The van der Waals surface area contributed by atoms with E-state index < -0.39 is 0 Å². The Morgan fingerprint density at radius 1 is 1.21 bits per heavy atom. The summed E-state index contributed by atoms with van der Waals surface area (Å²) < 4.78 is 0. The van der Waals surface area contributed by atoms with Crippen LogP contribution in [0.1, 0.15) is 59.9 Å². The average molecular weight is 396 g/mol. The van der Waals surface area contributed by atoms with E-state index in [0.29, 0.717) is 17.5 Å². The van der Waals surface area contributed by atoms with Crippen LogP contribution in [-0.2, 0) is 12.8 Å². The Morgan fingerprint density at radius 3 is 2.55 bits per heavy atom. The van der Waals surface area contributed by atoms with Gasteiger partial charge in [-0.15, -0.1) is 0 Å². The summed E-state index contributed by atoms with van der Waals surface area (Å²) in [5, 5.41) is 3.60. The fourth-order valence-corrected chi connectivity index (χ4v) is 4.30. The quantitative estimate of drug-likeness (QED) is 0.746. The van der Waals surface area contributed by atoms with Crippen molar-refractivity contribution in [3.8, 4) is 0 Å². The van der Waals surface area contributed by atoms with Gasteiger partial charge in [-0.1, -0.05) is 19.1 Å². The van der Waals surface area contributed by atoms with Crippen molar-refractivity contribution in [1.29, 1.82) is 0 Å². The lowest BCUT2D eigenvalue weighted by molar-refractivity contribution is 0.0999. The molecule has 1 aliphatic rings. The number of carbonyl (C=O) groups is 1. The molecule has 1 saturated carbocycles. The number of rotatable bonds is 7. The molecule has 1 aliphatic carbocycles. The van der Waals surface area contributed by atoms with Gasteiger partial charge in [0.05, 0.1) is 0 Å². The Bertz CT molecular complexity index is 856. The Labute approximate surface area is 173 Å². The van der Waals surface area contributed by atoms with Gasteiger partial charge in [-0.3, -0.25) is 4.79 Å². The zero-order valence-corrected chi connectivity index (χ0v) is 18.0. The number of hydrogen-bond acceptors (Lipinski definition) is 5. The van der Waals surface area contributed by atoms with Crippen molar-refractivity contribution in [2.45, 2.75) is 58.4 Å². The standard InChI is InChI=1S/C23H33N5O/c1-5-17-7-6-8-19(23(24)29)20(17)13-16-9-11-18(12-10-16)27-21-14-22(28(3)4)26-15(2)25-21/h6-8,14,16,18H,5,9-13H2,1-4H3,(H2,24,29)(H,25,26,27). The monoisotopic (exact) mass is 395 g/mol. The third-order valence-corrected chi connectivity index (χ3v) is 5.89. The molecule has 1 aromatic heterocycles. The van der Waals surface area contributed by atoms with E-state index in [1.54, 1.807) is 0 Å². The van der Waals surface area contributed by atoms with Gasteiger partial charge in [0.25, 0.3) is 0 Å².